The predicted octanol–water partition coefficient (Wildman–Crippen LogP) is 4.05. The van der Waals surface area contributed by atoms with E-state index in [0.717, 1.165) is 26.9 Å². The summed E-state index contributed by atoms with van der Waals surface area (Å²) >= 11 is 3.47. The van der Waals surface area contributed by atoms with Crippen molar-refractivity contribution in [3.8, 4) is 22.9 Å². The first-order valence-electron chi connectivity index (χ1n) is 7.20. The second-order valence-corrected chi connectivity index (χ2v) is 6.29. The fourth-order valence-electron chi connectivity index (χ4n) is 2.68. The highest BCUT2D eigenvalue weighted by molar-refractivity contribution is 9.11. The van der Waals surface area contributed by atoms with Crippen LogP contribution in [0, 0.1) is 0 Å². The Hall–Kier alpha value is -2.27. The van der Waals surface area contributed by atoms with Crippen LogP contribution in [0.1, 0.15) is 0 Å². The maximum absolute atomic E-state index is 5.42. The minimum Gasteiger partial charge on any atom is -0.493 e. The van der Waals surface area contributed by atoms with Crippen molar-refractivity contribution in [1.29, 1.82) is 0 Å². The van der Waals surface area contributed by atoms with E-state index in [1.54, 1.807) is 14.2 Å². The number of aromatic nitrogens is 2. The van der Waals surface area contributed by atoms with Gasteiger partial charge in [-0.2, -0.15) is 0 Å². The molecule has 0 amide bonds. The largest absolute Gasteiger partial charge is 0.493 e. The third kappa shape index (κ3) is 2.97. The van der Waals surface area contributed by atoms with Gasteiger partial charge in [0.2, 0.25) is 0 Å². The summed E-state index contributed by atoms with van der Waals surface area (Å²) in [6, 6.07) is 14.1. The molecule has 0 bridgehead atoms. The van der Waals surface area contributed by atoms with Crippen LogP contribution in [0.5, 0.6) is 11.5 Å². The zero-order valence-corrected chi connectivity index (χ0v) is 14.7. The highest BCUT2D eigenvalue weighted by atomic mass is 79.9. The number of H-pyrrole nitrogens is 1. The number of imidazole rings is 1. The smallest absolute Gasteiger partial charge is 0.288 e. The maximum atomic E-state index is 5.42. The molecule has 23 heavy (non-hydrogen) atoms. The number of nitrogens with one attached hydrogen (secondary N) is 1. The molecule has 1 N–H and O–H groups in total. The number of ether oxygens (including phenoxy) is 2. The van der Waals surface area contributed by atoms with Crippen molar-refractivity contribution in [2.45, 2.75) is 6.54 Å². The van der Waals surface area contributed by atoms with Gasteiger partial charge in [0.1, 0.15) is 6.54 Å². The molecule has 0 saturated carbocycles. The molecule has 118 valence electrons. The van der Waals surface area contributed by atoms with Crippen molar-refractivity contribution >= 4 is 27.0 Å². The van der Waals surface area contributed by atoms with E-state index in [2.05, 4.69) is 44.2 Å². The summed E-state index contributed by atoms with van der Waals surface area (Å²) in [5.41, 5.74) is 3.22. The monoisotopic (exact) mass is 373 g/mol. The summed E-state index contributed by atoms with van der Waals surface area (Å²) in [5.74, 6) is 2.41. The molecule has 1 aromatic heterocycles. The van der Waals surface area contributed by atoms with Crippen LogP contribution >= 0.6 is 15.9 Å². The molecule has 0 radical (unpaired) electrons. The van der Waals surface area contributed by atoms with Gasteiger partial charge in [-0.25, -0.2) is 9.55 Å². The van der Waals surface area contributed by atoms with Crippen LogP contribution in [-0.4, -0.2) is 19.2 Å². The van der Waals surface area contributed by atoms with Gasteiger partial charge >= 0.3 is 0 Å². The lowest BCUT2D eigenvalue weighted by atomic mass is 10.2. The van der Waals surface area contributed by atoms with Crippen molar-refractivity contribution in [3.63, 3.8) is 0 Å². The first kappa shape index (κ1) is 15.6. The Kier molecular flexibility index (Phi) is 4.39. The van der Waals surface area contributed by atoms with E-state index in [0.29, 0.717) is 18.0 Å². The quantitative estimate of drug-likeness (QED) is 0.685. The Morgan fingerprint density at radius 2 is 1.87 bits per heavy atom. The molecule has 0 saturated heterocycles. The topological polar surface area (TPSA) is 38.1 Å². The number of halogens is 1. The van der Waals surface area contributed by atoms with Crippen LogP contribution in [0.25, 0.3) is 22.4 Å². The normalized spacial score (nSPS) is 10.7. The fraction of sp³-hybridized carbons (Fsp3) is 0.167. The highest BCUT2D eigenvalue weighted by Gasteiger charge is 2.21. The molecule has 0 spiro atoms. The minimum absolute atomic E-state index is 0.674. The van der Waals surface area contributed by atoms with Gasteiger partial charge in [-0.15, -0.1) is 0 Å². The van der Waals surface area contributed by atoms with Crippen molar-refractivity contribution in [2.24, 2.45) is 0 Å². The third-order valence-electron chi connectivity index (χ3n) is 3.70. The summed E-state index contributed by atoms with van der Waals surface area (Å²) in [6.07, 6.45) is 0. The van der Waals surface area contributed by atoms with E-state index in [-0.39, 0.29) is 0 Å². The van der Waals surface area contributed by atoms with Crippen molar-refractivity contribution in [2.75, 3.05) is 14.2 Å². The first-order valence-corrected chi connectivity index (χ1v) is 7.99. The molecule has 0 aliphatic carbocycles. The number of hydrogen-bond acceptors (Lipinski definition) is 2. The molecule has 3 rings (SSSR count). The number of aromatic amines is 1. The van der Waals surface area contributed by atoms with Crippen molar-refractivity contribution in [3.05, 3.63) is 53.5 Å². The van der Waals surface area contributed by atoms with Crippen molar-refractivity contribution in [1.82, 2.24) is 4.98 Å². The number of benzene rings is 2. The number of para-hydroxylation sites is 2. The molecule has 0 fully saturated rings. The number of allylic oxidation sites excluding steroid dienone is 1. The number of methoxy groups -OCH3 is 2. The number of hydrogen-bond donors (Lipinski definition) is 1. The number of fused-ring (bicyclic) bond motifs is 1. The Balaban J connectivity index is 2.21. The van der Waals surface area contributed by atoms with E-state index < -0.39 is 0 Å². The average Bonchev–Trinajstić information content (AvgIpc) is 2.92. The van der Waals surface area contributed by atoms with Gasteiger partial charge < -0.3 is 9.47 Å². The summed E-state index contributed by atoms with van der Waals surface area (Å²) in [5, 5.41) is 0. The van der Waals surface area contributed by atoms with E-state index in [1.807, 2.05) is 30.3 Å². The zero-order valence-electron chi connectivity index (χ0n) is 13.1. The molecule has 0 unspecified atom stereocenters. The van der Waals surface area contributed by atoms with Gasteiger partial charge in [-0.05, 0) is 30.3 Å². The zero-order chi connectivity index (χ0) is 16.4. The van der Waals surface area contributed by atoms with Gasteiger partial charge in [-0.1, -0.05) is 34.6 Å². The van der Waals surface area contributed by atoms with E-state index in [9.17, 15) is 0 Å². The number of nitrogens with zero attached hydrogens (tertiary/aromatic N) is 1. The lowest BCUT2D eigenvalue weighted by Crippen LogP contribution is -2.35. The van der Waals surface area contributed by atoms with Crippen LogP contribution in [0.2, 0.25) is 0 Å². The van der Waals surface area contributed by atoms with Crippen LogP contribution in [-0.2, 0) is 6.54 Å². The molecule has 0 aliphatic rings. The minimum atomic E-state index is 0.674. The van der Waals surface area contributed by atoms with Gasteiger partial charge in [0.25, 0.3) is 5.82 Å². The molecule has 2 aromatic carbocycles. The SMILES string of the molecule is C=C(Br)C[n+]1c(-c2ccc(OC)c(OC)c2)[nH]c2ccccc21. The Morgan fingerprint density at radius 1 is 1.13 bits per heavy atom. The molecule has 4 nitrogen and oxygen atoms in total. The van der Waals surface area contributed by atoms with E-state index in [1.165, 1.54) is 0 Å². The second kappa shape index (κ2) is 6.46. The molecular formula is C18H18BrN2O2+. The van der Waals surface area contributed by atoms with Crippen LogP contribution in [0.4, 0.5) is 0 Å². The molecular weight excluding hydrogens is 356 g/mol. The van der Waals surface area contributed by atoms with Gasteiger partial charge in [0, 0.05) is 4.48 Å². The lowest BCUT2D eigenvalue weighted by Gasteiger charge is -2.08. The summed E-state index contributed by atoms with van der Waals surface area (Å²) in [7, 11) is 3.27. The average molecular weight is 374 g/mol. The summed E-state index contributed by atoms with van der Waals surface area (Å²) in [4.78, 5) is 3.48. The molecule has 3 aromatic rings. The first-order chi connectivity index (χ1) is 11.1. The third-order valence-corrected chi connectivity index (χ3v) is 3.96. The van der Waals surface area contributed by atoms with E-state index in [4.69, 9.17) is 9.47 Å². The number of rotatable bonds is 5. The van der Waals surface area contributed by atoms with Crippen LogP contribution in [0.15, 0.2) is 53.5 Å². The lowest BCUT2D eigenvalue weighted by molar-refractivity contribution is -0.650. The summed E-state index contributed by atoms with van der Waals surface area (Å²) in [6.45, 7) is 4.64. The summed E-state index contributed by atoms with van der Waals surface area (Å²) < 4.78 is 13.8. The molecule has 0 aliphatic heterocycles. The fourth-order valence-corrected chi connectivity index (χ4v) is 2.93. The Labute approximate surface area is 143 Å². The van der Waals surface area contributed by atoms with Gasteiger partial charge in [0.05, 0.1) is 19.8 Å². The van der Waals surface area contributed by atoms with Gasteiger partial charge in [0.15, 0.2) is 22.5 Å². The predicted molar refractivity (Wildman–Crippen MR) is 95.1 cm³/mol. The second-order valence-electron chi connectivity index (χ2n) is 5.16. The Morgan fingerprint density at radius 3 is 2.57 bits per heavy atom. The van der Waals surface area contributed by atoms with E-state index >= 15 is 0 Å². The molecule has 0 atom stereocenters. The maximum Gasteiger partial charge on any atom is 0.288 e. The van der Waals surface area contributed by atoms with Crippen LogP contribution < -0.4 is 14.0 Å². The standard InChI is InChI=1S/C18H17BrN2O2/c1-12(19)11-21-15-7-5-4-6-14(15)20-18(21)13-8-9-16(22-2)17(10-13)23-3/h4-10H,1,11H2,2-3H3/p+1. The van der Waals surface area contributed by atoms with Gasteiger partial charge in [-0.3, -0.25) is 0 Å². The Bertz CT molecular complexity index is 871. The highest BCUT2D eigenvalue weighted by Crippen LogP contribution is 2.31. The van der Waals surface area contributed by atoms with Crippen molar-refractivity contribution < 1.29 is 14.0 Å². The van der Waals surface area contributed by atoms with Crippen LogP contribution in [0.3, 0.4) is 0 Å². The molecule has 1 heterocycles. The molecule has 5 heteroatoms.